The van der Waals surface area contributed by atoms with E-state index in [2.05, 4.69) is 0 Å². The highest BCUT2D eigenvalue weighted by atomic mass is 31.2. The number of aryl methyl sites for hydroxylation is 2. The molecule has 0 saturated heterocycles. The number of nitro benzene ring substituents is 1. The van der Waals surface area contributed by atoms with Crippen LogP contribution >= 0.6 is 7.82 Å². The molecule has 30 heavy (non-hydrogen) atoms. The number of carbonyl (C=O) groups excluding carboxylic acids is 1. The Morgan fingerprint density at radius 1 is 0.933 bits per heavy atom. The van der Waals surface area contributed by atoms with Gasteiger partial charge in [0.2, 0.25) is 0 Å². The first-order valence-electron chi connectivity index (χ1n) is 8.84. The summed E-state index contributed by atoms with van der Waals surface area (Å²) in [5.41, 5.74) is 1.57. The highest BCUT2D eigenvalue weighted by Crippen LogP contribution is 2.46. The Morgan fingerprint density at radius 2 is 1.57 bits per heavy atom. The molecular weight excluding hydrogens is 409 g/mol. The Bertz CT molecular complexity index is 1140. The number of rotatable bonds is 7. The highest BCUT2D eigenvalue weighted by molar-refractivity contribution is 7.48. The lowest BCUT2D eigenvalue weighted by molar-refractivity contribution is -0.384. The van der Waals surface area contributed by atoms with Crippen LogP contribution in [0.4, 0.5) is 5.69 Å². The zero-order valence-electron chi connectivity index (χ0n) is 16.1. The molecular formula is C21H18NO7P. The lowest BCUT2D eigenvalue weighted by Gasteiger charge is -2.17. The summed E-state index contributed by atoms with van der Waals surface area (Å²) < 4.78 is 22.6. The molecule has 3 rings (SSSR count). The van der Waals surface area contributed by atoms with Gasteiger partial charge in [-0.25, -0.2) is 4.57 Å². The third-order valence-corrected chi connectivity index (χ3v) is 5.07. The van der Waals surface area contributed by atoms with E-state index in [4.69, 9.17) is 9.05 Å². The summed E-state index contributed by atoms with van der Waals surface area (Å²) in [6.07, 6.45) is 0. The summed E-state index contributed by atoms with van der Waals surface area (Å²) in [6, 6.07) is 16.7. The largest absolute Gasteiger partial charge is 0.584 e. The Balaban J connectivity index is 1.84. The molecule has 0 aromatic heterocycles. The van der Waals surface area contributed by atoms with Crippen molar-refractivity contribution in [2.45, 2.75) is 13.8 Å². The number of non-ortho nitro benzene ring substituents is 1. The molecule has 1 unspecified atom stereocenters. The van der Waals surface area contributed by atoms with Crippen LogP contribution in [-0.4, -0.2) is 15.6 Å². The molecule has 0 aliphatic heterocycles. The van der Waals surface area contributed by atoms with Crippen LogP contribution in [0.2, 0.25) is 0 Å². The highest BCUT2D eigenvalue weighted by Gasteiger charge is 2.28. The van der Waals surface area contributed by atoms with Gasteiger partial charge in [-0.15, -0.1) is 0 Å². The van der Waals surface area contributed by atoms with E-state index in [1.165, 1.54) is 18.2 Å². The van der Waals surface area contributed by atoms with Crippen molar-refractivity contribution in [3.8, 4) is 11.5 Å². The number of nitro groups is 1. The number of hydrogen-bond donors (Lipinski definition) is 1. The van der Waals surface area contributed by atoms with Crippen LogP contribution < -0.4 is 9.05 Å². The molecule has 0 amide bonds. The van der Waals surface area contributed by atoms with Crippen LogP contribution in [0, 0.1) is 24.0 Å². The van der Waals surface area contributed by atoms with Gasteiger partial charge in [-0.2, -0.15) is 0 Å². The van der Waals surface area contributed by atoms with E-state index in [9.17, 15) is 24.4 Å². The number of benzene rings is 3. The van der Waals surface area contributed by atoms with Gasteiger partial charge in [0.25, 0.3) is 5.69 Å². The van der Waals surface area contributed by atoms with Crippen molar-refractivity contribution in [3.05, 3.63) is 99.1 Å². The monoisotopic (exact) mass is 427 g/mol. The number of phosphoric ester groups is 1. The van der Waals surface area contributed by atoms with Gasteiger partial charge < -0.3 is 9.05 Å². The van der Waals surface area contributed by atoms with E-state index >= 15 is 0 Å². The second-order valence-corrected chi connectivity index (χ2v) is 7.84. The molecule has 0 aliphatic rings. The summed E-state index contributed by atoms with van der Waals surface area (Å²) >= 11 is 0. The maximum Gasteiger partial charge on any atom is 0.584 e. The van der Waals surface area contributed by atoms with E-state index in [-0.39, 0.29) is 23.0 Å². The van der Waals surface area contributed by atoms with E-state index < -0.39 is 12.7 Å². The molecule has 8 nitrogen and oxygen atoms in total. The molecule has 0 radical (unpaired) electrons. The van der Waals surface area contributed by atoms with Crippen LogP contribution in [0.5, 0.6) is 11.5 Å². The zero-order valence-corrected chi connectivity index (χ0v) is 17.0. The Hall–Kier alpha value is -3.48. The first kappa shape index (κ1) is 21.2. The molecule has 0 bridgehead atoms. The van der Waals surface area contributed by atoms with Crippen LogP contribution in [0.25, 0.3) is 0 Å². The molecule has 0 heterocycles. The summed E-state index contributed by atoms with van der Waals surface area (Å²) in [6.45, 7) is 3.27. The fourth-order valence-corrected chi connectivity index (χ4v) is 3.84. The second-order valence-electron chi connectivity index (χ2n) is 6.54. The summed E-state index contributed by atoms with van der Waals surface area (Å²) in [7, 11) is -4.64. The second kappa shape index (κ2) is 8.49. The third-order valence-electron chi connectivity index (χ3n) is 4.21. The molecule has 3 aromatic rings. The maximum atomic E-state index is 12.7. The first-order valence-corrected chi connectivity index (χ1v) is 10.3. The number of ketones is 1. The smallest absolute Gasteiger partial charge is 0.395 e. The zero-order chi connectivity index (χ0) is 21.9. The molecule has 9 heteroatoms. The summed E-state index contributed by atoms with van der Waals surface area (Å²) in [5.74, 6) is -0.273. The topological polar surface area (TPSA) is 116 Å². The van der Waals surface area contributed by atoms with E-state index in [0.29, 0.717) is 22.3 Å². The standard InChI is InChI=1S/C21H18NO7P/c1-14-11-17(20(23)16-7-4-3-5-8-16)12-15(2)21(14)29-30(26,27)28-19-10-6-9-18(13-19)22(24)25/h3-13H,1-2H3,(H,26,27). The SMILES string of the molecule is Cc1cc(C(=O)c2ccccc2)cc(C)c1OP(=O)(O)Oc1cccc([N+](=O)[O-])c1. The minimum Gasteiger partial charge on any atom is -0.395 e. The van der Waals surface area contributed by atoms with E-state index in [0.717, 1.165) is 6.07 Å². The van der Waals surface area contributed by atoms with Crippen molar-refractivity contribution in [1.82, 2.24) is 0 Å². The normalized spacial score (nSPS) is 12.6. The van der Waals surface area contributed by atoms with Crippen molar-refractivity contribution in [3.63, 3.8) is 0 Å². The maximum absolute atomic E-state index is 12.7. The van der Waals surface area contributed by atoms with Crippen LogP contribution in [0.1, 0.15) is 27.0 Å². The Kier molecular flexibility index (Phi) is 6.01. The van der Waals surface area contributed by atoms with Gasteiger partial charge in [-0.1, -0.05) is 36.4 Å². The number of carbonyl (C=O) groups is 1. The van der Waals surface area contributed by atoms with Gasteiger partial charge in [-0.05, 0) is 43.2 Å². The Labute approximate surface area is 172 Å². The predicted molar refractivity (Wildman–Crippen MR) is 110 cm³/mol. The van der Waals surface area contributed by atoms with Gasteiger partial charge in [0.05, 0.1) is 11.0 Å². The molecule has 0 fully saturated rings. The third kappa shape index (κ3) is 4.92. The van der Waals surface area contributed by atoms with Crippen molar-refractivity contribution >= 4 is 19.3 Å². The predicted octanol–water partition coefficient (Wildman–Crippen LogP) is 5.00. The molecule has 154 valence electrons. The van der Waals surface area contributed by atoms with Gasteiger partial charge in [0.15, 0.2) is 5.78 Å². The minimum atomic E-state index is -4.64. The average Bonchev–Trinajstić information content (AvgIpc) is 2.70. The van der Waals surface area contributed by atoms with Crippen LogP contribution in [0.3, 0.4) is 0 Å². The molecule has 3 aromatic carbocycles. The molecule has 1 N–H and O–H groups in total. The first-order chi connectivity index (χ1) is 14.2. The van der Waals surface area contributed by atoms with Gasteiger partial charge >= 0.3 is 7.82 Å². The van der Waals surface area contributed by atoms with Gasteiger partial charge in [-0.3, -0.25) is 19.8 Å². The number of nitrogens with zero attached hydrogens (tertiary/aromatic N) is 1. The molecule has 0 spiro atoms. The molecule has 0 aliphatic carbocycles. The molecule has 0 saturated carbocycles. The number of phosphoric acid groups is 1. The Morgan fingerprint density at radius 3 is 2.17 bits per heavy atom. The fraction of sp³-hybridized carbons (Fsp3) is 0.0952. The summed E-state index contributed by atoms with van der Waals surface area (Å²) in [4.78, 5) is 33.0. The van der Waals surface area contributed by atoms with Gasteiger partial charge in [0.1, 0.15) is 11.5 Å². The lowest BCUT2D eigenvalue weighted by Crippen LogP contribution is -2.06. The van der Waals surface area contributed by atoms with Crippen molar-refractivity contribution in [2.24, 2.45) is 0 Å². The van der Waals surface area contributed by atoms with E-state index in [1.807, 2.05) is 6.07 Å². The van der Waals surface area contributed by atoms with Gasteiger partial charge in [0, 0.05) is 17.2 Å². The van der Waals surface area contributed by atoms with Crippen LogP contribution in [-0.2, 0) is 4.57 Å². The van der Waals surface area contributed by atoms with Crippen molar-refractivity contribution in [1.29, 1.82) is 0 Å². The number of hydrogen-bond acceptors (Lipinski definition) is 6. The van der Waals surface area contributed by atoms with Crippen LogP contribution in [0.15, 0.2) is 66.7 Å². The minimum absolute atomic E-state index is 0.0934. The molecule has 1 atom stereocenters. The van der Waals surface area contributed by atoms with Crippen molar-refractivity contribution < 1.29 is 28.2 Å². The van der Waals surface area contributed by atoms with Crippen molar-refractivity contribution in [2.75, 3.05) is 0 Å². The average molecular weight is 427 g/mol. The quantitative estimate of drug-likeness (QED) is 0.244. The van der Waals surface area contributed by atoms with E-state index in [1.54, 1.807) is 50.2 Å². The lowest BCUT2D eigenvalue weighted by atomic mass is 9.99. The fourth-order valence-electron chi connectivity index (χ4n) is 2.90. The summed E-state index contributed by atoms with van der Waals surface area (Å²) in [5, 5.41) is 10.8.